The summed E-state index contributed by atoms with van der Waals surface area (Å²) in [6, 6.07) is 16.7. The number of fused-ring (bicyclic) bond motifs is 3. The van der Waals surface area contributed by atoms with Gasteiger partial charge in [-0.05, 0) is 54.4 Å². The summed E-state index contributed by atoms with van der Waals surface area (Å²) >= 11 is 0. The van der Waals surface area contributed by atoms with Gasteiger partial charge in [0.05, 0.1) is 22.3 Å². The van der Waals surface area contributed by atoms with Crippen LogP contribution in [0.4, 0.5) is 26.3 Å². The molecule has 4 rings (SSSR count). The fourth-order valence-corrected chi connectivity index (χ4v) is 4.18. The van der Waals surface area contributed by atoms with Crippen molar-refractivity contribution in [2.24, 2.45) is 0 Å². The van der Waals surface area contributed by atoms with Gasteiger partial charge in [-0.3, -0.25) is 0 Å². The van der Waals surface area contributed by atoms with Crippen molar-refractivity contribution in [2.75, 3.05) is 0 Å². The van der Waals surface area contributed by atoms with E-state index in [1.165, 1.54) is 6.07 Å². The fraction of sp³-hybridized carbons (Fsp3) is 0.154. The molecule has 3 aromatic carbocycles. The largest absolute Gasteiger partial charge is 0.416 e. The predicted molar refractivity (Wildman–Crippen MR) is 120 cm³/mol. The number of hydrogen-bond acceptors (Lipinski definition) is 2. The number of hydrogen-bond donors (Lipinski definition) is 0. The van der Waals surface area contributed by atoms with E-state index in [2.05, 4.69) is 0 Å². The molecule has 1 aromatic heterocycles. The third kappa shape index (κ3) is 4.22. The molecule has 0 fully saturated rings. The third-order valence-corrected chi connectivity index (χ3v) is 5.73. The van der Waals surface area contributed by atoms with Crippen molar-refractivity contribution < 1.29 is 26.3 Å². The molecule has 0 radical (unpaired) electrons. The zero-order chi connectivity index (χ0) is 25.5. The maximum Gasteiger partial charge on any atom is 0.416 e. The van der Waals surface area contributed by atoms with Crippen LogP contribution in [0.1, 0.15) is 29.2 Å². The Morgan fingerprint density at radius 2 is 1.26 bits per heavy atom. The van der Waals surface area contributed by atoms with Crippen molar-refractivity contribution in [3.63, 3.8) is 0 Å². The topological polar surface area (TPSA) is 52.5 Å². The second-order valence-electron chi connectivity index (χ2n) is 7.76. The van der Waals surface area contributed by atoms with E-state index in [0.29, 0.717) is 18.7 Å². The quantitative estimate of drug-likeness (QED) is 0.170. The molecule has 0 saturated carbocycles. The molecule has 3 nitrogen and oxygen atoms in total. The molecule has 0 amide bonds. The van der Waals surface area contributed by atoms with Crippen molar-refractivity contribution in [3.8, 4) is 12.1 Å². The smallest absolute Gasteiger partial charge is 0.341 e. The molecule has 0 saturated heterocycles. The van der Waals surface area contributed by atoms with Crippen LogP contribution in [0, 0.1) is 22.7 Å². The standard InChI is InChI=1S/C26H15F6N3/c1-2-35-23-6-4-3-5-19(23)20-11-15(7-8-24(20)35)21(13-33)22(14-34)16-9-17(25(27,28)29)12-18(10-16)26(30,31)32/h3-12H,2H2,1H3. The Morgan fingerprint density at radius 3 is 1.80 bits per heavy atom. The maximum absolute atomic E-state index is 13.3. The second kappa shape index (κ2) is 8.52. The van der Waals surface area contributed by atoms with E-state index < -0.39 is 34.6 Å². The monoisotopic (exact) mass is 483 g/mol. The normalized spacial score (nSPS) is 12.9. The lowest BCUT2D eigenvalue weighted by molar-refractivity contribution is -0.143. The van der Waals surface area contributed by atoms with Crippen LogP contribution in [0.5, 0.6) is 0 Å². The van der Waals surface area contributed by atoms with Crippen LogP contribution < -0.4 is 0 Å². The van der Waals surface area contributed by atoms with Crippen LogP contribution in [0.3, 0.4) is 0 Å². The second-order valence-corrected chi connectivity index (χ2v) is 7.76. The number of halogens is 6. The van der Waals surface area contributed by atoms with Crippen molar-refractivity contribution >= 4 is 33.0 Å². The number of rotatable bonds is 3. The number of nitrogens with zero attached hydrogens (tertiary/aromatic N) is 3. The van der Waals surface area contributed by atoms with Gasteiger partial charge in [-0.1, -0.05) is 24.3 Å². The Hall–Kier alpha value is -4.24. The average molecular weight is 483 g/mol. The molecule has 1 heterocycles. The van der Waals surface area contributed by atoms with Crippen LogP contribution in [-0.4, -0.2) is 4.57 Å². The van der Waals surface area contributed by atoms with Gasteiger partial charge in [0, 0.05) is 28.4 Å². The Balaban J connectivity index is 2.01. The highest BCUT2D eigenvalue weighted by atomic mass is 19.4. The van der Waals surface area contributed by atoms with E-state index in [4.69, 9.17) is 0 Å². The highest BCUT2D eigenvalue weighted by molar-refractivity contribution is 6.11. The van der Waals surface area contributed by atoms with E-state index in [-0.39, 0.29) is 17.2 Å². The Kier molecular flexibility index (Phi) is 5.82. The summed E-state index contributed by atoms with van der Waals surface area (Å²) in [5.41, 5.74) is -2.69. The number of aryl methyl sites for hydroxylation is 1. The van der Waals surface area contributed by atoms with Crippen LogP contribution in [-0.2, 0) is 18.9 Å². The van der Waals surface area contributed by atoms with Gasteiger partial charge in [-0.15, -0.1) is 0 Å². The number of para-hydroxylation sites is 1. The average Bonchev–Trinajstić information content (AvgIpc) is 3.14. The van der Waals surface area contributed by atoms with Gasteiger partial charge in [-0.2, -0.15) is 36.9 Å². The lowest BCUT2D eigenvalue weighted by atomic mass is 9.93. The molecule has 0 aliphatic heterocycles. The first-order valence-corrected chi connectivity index (χ1v) is 10.3. The predicted octanol–water partition coefficient (Wildman–Crippen LogP) is 7.81. The molecule has 0 unspecified atom stereocenters. The first-order chi connectivity index (χ1) is 16.5. The van der Waals surface area contributed by atoms with Crippen molar-refractivity contribution in [1.29, 1.82) is 10.5 Å². The van der Waals surface area contributed by atoms with E-state index in [9.17, 15) is 36.9 Å². The molecule has 0 aliphatic carbocycles. The molecular formula is C26H15F6N3. The molecule has 0 atom stereocenters. The zero-order valence-electron chi connectivity index (χ0n) is 18.1. The summed E-state index contributed by atoms with van der Waals surface area (Å²) in [5.74, 6) is 0. The first-order valence-electron chi connectivity index (χ1n) is 10.3. The van der Waals surface area contributed by atoms with Gasteiger partial charge >= 0.3 is 12.4 Å². The molecule has 0 bridgehead atoms. The molecule has 9 heteroatoms. The summed E-state index contributed by atoms with van der Waals surface area (Å²) in [4.78, 5) is 0. The van der Waals surface area contributed by atoms with E-state index >= 15 is 0 Å². The number of allylic oxidation sites excluding steroid dienone is 2. The van der Waals surface area contributed by atoms with Gasteiger partial charge in [0.1, 0.15) is 12.1 Å². The number of alkyl halides is 6. The summed E-state index contributed by atoms with van der Waals surface area (Å²) in [6.07, 6.45) is -10.2. The van der Waals surface area contributed by atoms with Gasteiger partial charge in [0.15, 0.2) is 0 Å². The van der Waals surface area contributed by atoms with Gasteiger partial charge < -0.3 is 4.57 Å². The van der Waals surface area contributed by atoms with Crippen LogP contribution in [0.15, 0.2) is 60.7 Å². The van der Waals surface area contributed by atoms with Crippen LogP contribution in [0.25, 0.3) is 33.0 Å². The molecular weight excluding hydrogens is 468 g/mol. The maximum atomic E-state index is 13.3. The summed E-state index contributed by atoms with van der Waals surface area (Å²) in [5, 5.41) is 21.2. The van der Waals surface area contributed by atoms with Crippen molar-refractivity contribution in [2.45, 2.75) is 25.8 Å². The highest BCUT2D eigenvalue weighted by Crippen LogP contribution is 2.39. The molecule has 4 aromatic rings. The van der Waals surface area contributed by atoms with Crippen molar-refractivity contribution in [1.82, 2.24) is 4.57 Å². The number of benzene rings is 3. The number of aromatic nitrogens is 1. The third-order valence-electron chi connectivity index (χ3n) is 5.73. The lowest BCUT2D eigenvalue weighted by Crippen LogP contribution is -2.11. The molecule has 0 spiro atoms. The van der Waals surface area contributed by atoms with Gasteiger partial charge in [0.25, 0.3) is 0 Å². The fourth-order valence-electron chi connectivity index (χ4n) is 4.18. The Bertz CT molecular complexity index is 1540. The van der Waals surface area contributed by atoms with Gasteiger partial charge in [0.2, 0.25) is 0 Å². The highest BCUT2D eigenvalue weighted by Gasteiger charge is 2.37. The van der Waals surface area contributed by atoms with E-state index in [1.54, 1.807) is 24.3 Å². The molecule has 0 aliphatic rings. The molecule has 176 valence electrons. The van der Waals surface area contributed by atoms with Crippen molar-refractivity contribution in [3.05, 3.63) is 82.9 Å². The SMILES string of the molecule is CCn1c2ccccc2c2cc(C(C#N)=C(C#N)c3cc(C(F)(F)F)cc(C(F)(F)F)c3)ccc21. The Morgan fingerprint density at radius 1 is 0.714 bits per heavy atom. The number of nitriles is 2. The van der Waals surface area contributed by atoms with E-state index in [1.807, 2.05) is 35.8 Å². The molecule has 0 N–H and O–H groups in total. The summed E-state index contributed by atoms with van der Waals surface area (Å²) < 4.78 is 82.0. The Labute approximate surface area is 195 Å². The molecule has 35 heavy (non-hydrogen) atoms. The van der Waals surface area contributed by atoms with E-state index in [0.717, 1.165) is 21.8 Å². The first kappa shape index (κ1) is 23.9. The zero-order valence-corrected chi connectivity index (χ0v) is 18.1. The van der Waals surface area contributed by atoms with Crippen LogP contribution in [0.2, 0.25) is 0 Å². The minimum atomic E-state index is -5.08. The summed E-state index contributed by atoms with van der Waals surface area (Å²) in [7, 11) is 0. The summed E-state index contributed by atoms with van der Waals surface area (Å²) in [6.45, 7) is 2.61. The minimum absolute atomic E-state index is 0.0177. The minimum Gasteiger partial charge on any atom is -0.341 e. The van der Waals surface area contributed by atoms with Crippen LogP contribution >= 0.6 is 0 Å². The lowest BCUT2D eigenvalue weighted by Gasteiger charge is -2.14. The van der Waals surface area contributed by atoms with Gasteiger partial charge in [-0.25, -0.2) is 0 Å².